The van der Waals surface area contributed by atoms with Gasteiger partial charge < -0.3 is 11.1 Å². The largest absolute Gasteiger partial charge is 0.399 e. The van der Waals surface area contributed by atoms with Gasteiger partial charge in [-0.1, -0.05) is 12.1 Å². The zero-order valence-corrected chi connectivity index (χ0v) is 13.4. The van der Waals surface area contributed by atoms with Crippen molar-refractivity contribution in [1.29, 1.82) is 0 Å². The Morgan fingerprint density at radius 1 is 0.958 bits per heavy atom. The highest BCUT2D eigenvalue weighted by Gasteiger charge is 2.09. The molecule has 0 aliphatic heterocycles. The molecule has 0 amide bonds. The minimum absolute atomic E-state index is 0.667. The summed E-state index contributed by atoms with van der Waals surface area (Å²) in [6.45, 7) is 0. The van der Waals surface area contributed by atoms with Crippen LogP contribution in [0.5, 0.6) is 0 Å². The first-order valence-corrected chi connectivity index (χ1v) is 8.16. The van der Waals surface area contributed by atoms with Crippen LogP contribution in [-0.2, 0) is 0 Å². The van der Waals surface area contributed by atoms with E-state index >= 15 is 0 Å². The molecule has 2 aromatic heterocycles. The summed E-state index contributed by atoms with van der Waals surface area (Å²) >= 11 is 1.49. The number of nitrogen functional groups attached to an aromatic ring is 1. The van der Waals surface area contributed by atoms with Crippen LogP contribution in [0, 0.1) is 0 Å². The lowest BCUT2D eigenvalue weighted by atomic mass is 10.2. The molecular formula is C17H14N6S. The number of hydrogen-bond acceptors (Lipinski definition) is 6. The third kappa shape index (κ3) is 3.02. The van der Waals surface area contributed by atoms with Crippen LogP contribution in [0.4, 0.5) is 17.3 Å². The molecule has 24 heavy (non-hydrogen) atoms. The molecule has 6 nitrogen and oxygen atoms in total. The van der Waals surface area contributed by atoms with Gasteiger partial charge in [-0.25, -0.2) is 9.97 Å². The topological polar surface area (TPSA) is 92.5 Å². The normalized spacial score (nSPS) is 10.8. The van der Waals surface area contributed by atoms with Gasteiger partial charge in [-0.2, -0.15) is 5.10 Å². The summed E-state index contributed by atoms with van der Waals surface area (Å²) in [5, 5.41) is 11.7. The van der Waals surface area contributed by atoms with E-state index in [1.54, 1.807) is 6.20 Å². The zero-order chi connectivity index (χ0) is 16.4. The number of benzene rings is 2. The molecule has 4 N–H and O–H groups in total. The van der Waals surface area contributed by atoms with Gasteiger partial charge >= 0.3 is 0 Å². The average molecular weight is 334 g/mol. The van der Waals surface area contributed by atoms with E-state index in [0.717, 1.165) is 33.1 Å². The van der Waals surface area contributed by atoms with Crippen molar-refractivity contribution < 1.29 is 0 Å². The molecule has 0 atom stereocenters. The SMILES string of the molecule is Nc1ccc(Sc2nc(Nc3ccn[nH]3)c3ccccc3n2)cc1. The van der Waals surface area contributed by atoms with E-state index in [1.807, 2.05) is 54.6 Å². The van der Waals surface area contributed by atoms with E-state index in [9.17, 15) is 0 Å². The number of anilines is 3. The molecule has 0 spiro atoms. The van der Waals surface area contributed by atoms with E-state index in [2.05, 4.69) is 25.5 Å². The van der Waals surface area contributed by atoms with Gasteiger partial charge in [0.1, 0.15) is 11.6 Å². The summed E-state index contributed by atoms with van der Waals surface area (Å²) in [5.41, 5.74) is 7.35. The molecule has 0 saturated carbocycles. The van der Waals surface area contributed by atoms with Gasteiger partial charge in [0.15, 0.2) is 5.16 Å². The third-order valence-electron chi connectivity index (χ3n) is 3.43. The Hall–Kier alpha value is -3.06. The summed E-state index contributed by atoms with van der Waals surface area (Å²) in [6.07, 6.45) is 1.69. The Labute approximate surface area is 142 Å². The number of nitrogens with one attached hydrogen (secondary N) is 2. The Bertz CT molecular complexity index is 966. The number of nitrogens with zero attached hydrogens (tertiary/aromatic N) is 3. The molecule has 0 saturated heterocycles. The zero-order valence-electron chi connectivity index (χ0n) is 12.6. The Kier molecular flexibility index (Phi) is 3.76. The molecule has 0 radical (unpaired) electrons. The first-order valence-electron chi connectivity index (χ1n) is 7.34. The maximum Gasteiger partial charge on any atom is 0.195 e. The fraction of sp³-hybridized carbons (Fsp3) is 0. The molecule has 2 heterocycles. The smallest absolute Gasteiger partial charge is 0.195 e. The van der Waals surface area contributed by atoms with Crippen LogP contribution in [-0.4, -0.2) is 20.2 Å². The maximum atomic E-state index is 5.73. The number of aromatic amines is 1. The monoisotopic (exact) mass is 334 g/mol. The molecule has 0 bridgehead atoms. The van der Waals surface area contributed by atoms with Gasteiger partial charge in [0, 0.05) is 22.0 Å². The highest BCUT2D eigenvalue weighted by molar-refractivity contribution is 7.99. The van der Waals surface area contributed by atoms with Gasteiger partial charge in [0.05, 0.1) is 11.7 Å². The van der Waals surface area contributed by atoms with Crippen molar-refractivity contribution in [3.05, 3.63) is 60.8 Å². The lowest BCUT2D eigenvalue weighted by Crippen LogP contribution is -1.99. The standard InChI is InChI=1S/C17H14N6S/c18-11-5-7-12(8-6-11)24-17-20-14-4-2-1-3-13(14)16(22-17)21-15-9-10-19-23-15/h1-10H,18H2,(H2,19,20,21,22,23). The van der Waals surface area contributed by atoms with Crippen molar-refractivity contribution in [2.24, 2.45) is 0 Å². The van der Waals surface area contributed by atoms with Gasteiger partial charge in [-0.05, 0) is 48.2 Å². The number of rotatable bonds is 4. The fourth-order valence-electron chi connectivity index (χ4n) is 2.29. The average Bonchev–Trinajstić information content (AvgIpc) is 3.10. The highest BCUT2D eigenvalue weighted by atomic mass is 32.2. The first kappa shape index (κ1) is 14.5. The van der Waals surface area contributed by atoms with E-state index in [-0.39, 0.29) is 0 Å². The number of para-hydroxylation sites is 1. The summed E-state index contributed by atoms with van der Waals surface area (Å²) in [4.78, 5) is 10.3. The van der Waals surface area contributed by atoms with Crippen LogP contribution in [0.15, 0.2) is 70.8 Å². The predicted molar refractivity (Wildman–Crippen MR) is 96.4 cm³/mol. The summed E-state index contributed by atoms with van der Waals surface area (Å²) in [6, 6.07) is 17.4. The number of nitrogens with two attached hydrogens (primary N) is 1. The van der Waals surface area contributed by atoms with Gasteiger partial charge in [-0.15, -0.1) is 0 Å². The van der Waals surface area contributed by atoms with Crippen molar-refractivity contribution in [2.45, 2.75) is 10.1 Å². The maximum absolute atomic E-state index is 5.73. The Morgan fingerprint density at radius 2 is 1.79 bits per heavy atom. The predicted octanol–water partition coefficient (Wildman–Crippen LogP) is 3.83. The molecule has 0 aliphatic carbocycles. The third-order valence-corrected chi connectivity index (χ3v) is 4.30. The van der Waals surface area contributed by atoms with Gasteiger partial charge in [0.2, 0.25) is 0 Å². The summed E-state index contributed by atoms with van der Waals surface area (Å²) in [5.74, 6) is 1.52. The minimum Gasteiger partial charge on any atom is -0.399 e. The highest BCUT2D eigenvalue weighted by Crippen LogP contribution is 2.30. The van der Waals surface area contributed by atoms with Crippen LogP contribution in [0.1, 0.15) is 0 Å². The second kappa shape index (κ2) is 6.21. The minimum atomic E-state index is 0.667. The lowest BCUT2D eigenvalue weighted by molar-refractivity contribution is 1.00. The lowest BCUT2D eigenvalue weighted by Gasteiger charge is -2.09. The summed E-state index contributed by atoms with van der Waals surface area (Å²) in [7, 11) is 0. The van der Waals surface area contributed by atoms with E-state index in [1.165, 1.54) is 11.8 Å². The van der Waals surface area contributed by atoms with Crippen molar-refractivity contribution in [3.8, 4) is 0 Å². The van der Waals surface area contributed by atoms with Crippen LogP contribution in [0.3, 0.4) is 0 Å². The molecule has 0 unspecified atom stereocenters. The molecule has 4 rings (SSSR count). The van der Waals surface area contributed by atoms with E-state index < -0.39 is 0 Å². The van der Waals surface area contributed by atoms with E-state index in [4.69, 9.17) is 5.73 Å². The Balaban J connectivity index is 1.74. The number of H-pyrrole nitrogens is 1. The van der Waals surface area contributed by atoms with Crippen LogP contribution in [0.2, 0.25) is 0 Å². The molecule has 7 heteroatoms. The van der Waals surface area contributed by atoms with Crippen LogP contribution in [0.25, 0.3) is 10.9 Å². The summed E-state index contributed by atoms with van der Waals surface area (Å²) < 4.78 is 0. The van der Waals surface area contributed by atoms with Gasteiger partial charge in [-0.3, -0.25) is 5.10 Å². The molecule has 4 aromatic rings. The van der Waals surface area contributed by atoms with Crippen molar-refractivity contribution in [2.75, 3.05) is 11.1 Å². The molecule has 0 fully saturated rings. The molecule has 118 valence electrons. The fourth-order valence-corrected chi connectivity index (χ4v) is 3.05. The molecular weight excluding hydrogens is 320 g/mol. The van der Waals surface area contributed by atoms with Gasteiger partial charge in [0.25, 0.3) is 0 Å². The molecule has 0 aliphatic rings. The van der Waals surface area contributed by atoms with Crippen molar-refractivity contribution in [3.63, 3.8) is 0 Å². The quantitative estimate of drug-likeness (QED) is 0.388. The number of hydrogen-bond donors (Lipinski definition) is 3. The second-order valence-electron chi connectivity index (χ2n) is 5.14. The van der Waals surface area contributed by atoms with Crippen molar-refractivity contribution >= 4 is 40.0 Å². The second-order valence-corrected chi connectivity index (χ2v) is 6.18. The van der Waals surface area contributed by atoms with Crippen LogP contribution < -0.4 is 11.1 Å². The number of aromatic nitrogens is 4. The van der Waals surface area contributed by atoms with Crippen molar-refractivity contribution in [1.82, 2.24) is 20.2 Å². The first-order chi connectivity index (χ1) is 11.8. The van der Waals surface area contributed by atoms with E-state index in [0.29, 0.717) is 5.16 Å². The number of fused-ring (bicyclic) bond motifs is 1. The Morgan fingerprint density at radius 3 is 2.58 bits per heavy atom. The molecule has 2 aromatic carbocycles. The van der Waals surface area contributed by atoms with Crippen LogP contribution >= 0.6 is 11.8 Å².